The molecule has 2 aliphatic rings. The van der Waals surface area contributed by atoms with Crippen LogP contribution in [-0.2, 0) is 4.79 Å². The molecule has 0 bridgehead atoms. The molecule has 0 spiro atoms. The molecule has 1 saturated carbocycles. The summed E-state index contributed by atoms with van der Waals surface area (Å²) in [7, 11) is 0. The molecule has 7 nitrogen and oxygen atoms in total. The molecule has 3 aromatic heterocycles. The summed E-state index contributed by atoms with van der Waals surface area (Å²) in [6, 6.07) is 7.64. The van der Waals surface area contributed by atoms with Gasteiger partial charge in [-0.2, -0.15) is 5.10 Å². The number of hydrogen-bond donors (Lipinski definition) is 0. The van der Waals surface area contributed by atoms with Crippen LogP contribution in [0.1, 0.15) is 73.5 Å². The van der Waals surface area contributed by atoms with Crippen LogP contribution in [0.5, 0.6) is 0 Å². The van der Waals surface area contributed by atoms with E-state index >= 15 is 0 Å². The van der Waals surface area contributed by atoms with Gasteiger partial charge in [0, 0.05) is 18.2 Å². The van der Waals surface area contributed by atoms with Crippen LogP contribution in [0.3, 0.4) is 0 Å². The first-order valence-corrected chi connectivity index (χ1v) is 12.3. The first kappa shape index (κ1) is 21.1. The average Bonchev–Trinajstić information content (AvgIpc) is 3.59. The summed E-state index contributed by atoms with van der Waals surface area (Å²) in [5.41, 5.74) is 3.00. The number of furan rings is 2. The molecule has 32 heavy (non-hydrogen) atoms. The molecule has 0 aromatic carbocycles. The fourth-order valence-corrected chi connectivity index (χ4v) is 5.71. The molecule has 168 valence electrons. The summed E-state index contributed by atoms with van der Waals surface area (Å²) in [6.45, 7) is 4.18. The number of hydrogen-bond acceptors (Lipinski definition) is 6. The van der Waals surface area contributed by atoms with Gasteiger partial charge in [-0.15, -0.1) is 0 Å². The number of imidazole rings is 1. The molecule has 8 heteroatoms. The quantitative estimate of drug-likeness (QED) is 0.451. The lowest BCUT2D eigenvalue weighted by molar-refractivity contribution is -0.130. The van der Waals surface area contributed by atoms with E-state index in [2.05, 4.69) is 16.6 Å². The van der Waals surface area contributed by atoms with Crippen molar-refractivity contribution in [3.05, 3.63) is 59.7 Å². The molecule has 5 rings (SSSR count). The lowest BCUT2D eigenvalue weighted by atomic mass is 9.95. The van der Waals surface area contributed by atoms with Gasteiger partial charge in [0.1, 0.15) is 23.3 Å². The first-order valence-electron chi connectivity index (χ1n) is 11.3. The minimum atomic E-state index is -0.264. The van der Waals surface area contributed by atoms with Crippen molar-refractivity contribution in [2.75, 3.05) is 5.75 Å². The fourth-order valence-electron chi connectivity index (χ4n) is 4.69. The molecular formula is C24H28N4O3S. The standard InChI is InChI=1S/C24H28N4O3S/c1-16-17(2)27(18-8-4-3-5-9-18)24(25-16)32-15-23(29)28-20(22-11-7-13-31-22)14-19(26-28)21-10-6-12-30-21/h6-7,10-13,18,20H,3-5,8-9,14-15H2,1-2H3/t20-/m1/s1. The lowest BCUT2D eigenvalue weighted by Crippen LogP contribution is -2.28. The predicted molar refractivity (Wildman–Crippen MR) is 123 cm³/mol. The zero-order chi connectivity index (χ0) is 22.1. The second-order valence-electron chi connectivity index (χ2n) is 8.51. The Labute approximate surface area is 191 Å². The summed E-state index contributed by atoms with van der Waals surface area (Å²) < 4.78 is 13.5. The molecule has 1 fully saturated rings. The zero-order valence-electron chi connectivity index (χ0n) is 18.5. The van der Waals surface area contributed by atoms with Crippen molar-refractivity contribution in [1.29, 1.82) is 0 Å². The van der Waals surface area contributed by atoms with Crippen LogP contribution in [0.2, 0.25) is 0 Å². The van der Waals surface area contributed by atoms with Crippen molar-refractivity contribution in [3.63, 3.8) is 0 Å². The normalized spacial score (nSPS) is 19.5. The van der Waals surface area contributed by atoms with Crippen molar-refractivity contribution in [2.45, 2.75) is 69.6 Å². The molecule has 1 amide bonds. The minimum Gasteiger partial charge on any atom is -0.467 e. The third-order valence-corrected chi connectivity index (χ3v) is 7.40. The summed E-state index contributed by atoms with van der Waals surface area (Å²) in [5.74, 6) is 1.62. The van der Waals surface area contributed by atoms with E-state index in [1.165, 1.54) is 49.6 Å². The van der Waals surface area contributed by atoms with E-state index in [0.29, 0.717) is 18.2 Å². The van der Waals surface area contributed by atoms with Crippen LogP contribution in [0.15, 0.2) is 55.9 Å². The smallest absolute Gasteiger partial charge is 0.253 e. The third-order valence-electron chi connectivity index (χ3n) is 6.46. The van der Waals surface area contributed by atoms with Gasteiger partial charge in [-0.05, 0) is 51.0 Å². The van der Waals surface area contributed by atoms with E-state index in [9.17, 15) is 4.79 Å². The highest BCUT2D eigenvalue weighted by atomic mass is 32.2. The number of rotatable bonds is 6. The Balaban J connectivity index is 1.35. The average molecular weight is 453 g/mol. The fraction of sp³-hybridized carbons (Fsp3) is 0.458. The van der Waals surface area contributed by atoms with E-state index < -0.39 is 0 Å². The number of aromatic nitrogens is 2. The Bertz CT molecular complexity index is 1090. The number of amides is 1. The highest BCUT2D eigenvalue weighted by molar-refractivity contribution is 7.99. The van der Waals surface area contributed by atoms with Crippen molar-refractivity contribution in [2.24, 2.45) is 5.10 Å². The first-order chi connectivity index (χ1) is 15.6. The molecular weight excluding hydrogens is 424 g/mol. The van der Waals surface area contributed by atoms with Gasteiger partial charge in [0.05, 0.1) is 24.0 Å². The van der Waals surface area contributed by atoms with E-state index in [-0.39, 0.29) is 17.7 Å². The molecule has 1 aliphatic heterocycles. The maximum Gasteiger partial charge on any atom is 0.253 e. The van der Waals surface area contributed by atoms with Gasteiger partial charge in [0.2, 0.25) is 0 Å². The molecule has 0 saturated heterocycles. The van der Waals surface area contributed by atoms with Gasteiger partial charge in [-0.1, -0.05) is 31.0 Å². The highest BCUT2D eigenvalue weighted by Gasteiger charge is 2.36. The number of carbonyl (C=O) groups excluding carboxylic acids is 1. The Morgan fingerprint density at radius 2 is 1.91 bits per heavy atom. The summed E-state index contributed by atoms with van der Waals surface area (Å²) >= 11 is 1.51. The second-order valence-corrected chi connectivity index (χ2v) is 9.46. The van der Waals surface area contributed by atoms with Crippen molar-refractivity contribution < 1.29 is 13.6 Å². The minimum absolute atomic E-state index is 0.0635. The zero-order valence-corrected chi connectivity index (χ0v) is 19.3. The molecule has 0 unspecified atom stereocenters. The summed E-state index contributed by atoms with van der Waals surface area (Å²) in [6.07, 6.45) is 10.00. The number of carbonyl (C=O) groups is 1. The third kappa shape index (κ3) is 4.03. The van der Waals surface area contributed by atoms with Crippen molar-refractivity contribution >= 4 is 23.4 Å². The lowest BCUT2D eigenvalue weighted by Gasteiger charge is -2.26. The molecule has 1 aliphatic carbocycles. The number of hydrazone groups is 1. The number of thioether (sulfide) groups is 1. The van der Waals surface area contributed by atoms with Gasteiger partial charge in [0.15, 0.2) is 5.16 Å². The Hall–Kier alpha value is -2.74. The molecule has 0 N–H and O–H groups in total. The Morgan fingerprint density at radius 3 is 2.62 bits per heavy atom. The van der Waals surface area contributed by atoms with E-state index in [1.807, 2.05) is 31.2 Å². The van der Waals surface area contributed by atoms with E-state index in [4.69, 9.17) is 13.8 Å². The Kier molecular flexibility index (Phi) is 5.95. The van der Waals surface area contributed by atoms with Crippen molar-refractivity contribution in [1.82, 2.24) is 14.6 Å². The predicted octanol–water partition coefficient (Wildman–Crippen LogP) is 5.66. The second kappa shape index (κ2) is 9.02. The molecule has 1 atom stereocenters. The number of nitrogens with zero attached hydrogens (tertiary/aromatic N) is 4. The monoisotopic (exact) mass is 452 g/mol. The van der Waals surface area contributed by atoms with Crippen LogP contribution in [0.4, 0.5) is 0 Å². The van der Waals surface area contributed by atoms with Crippen LogP contribution in [0.25, 0.3) is 0 Å². The van der Waals surface area contributed by atoms with Crippen LogP contribution >= 0.6 is 11.8 Å². The Morgan fingerprint density at radius 1 is 1.12 bits per heavy atom. The van der Waals surface area contributed by atoms with E-state index in [1.54, 1.807) is 17.5 Å². The topological polar surface area (TPSA) is 76.8 Å². The maximum atomic E-state index is 13.3. The van der Waals surface area contributed by atoms with E-state index in [0.717, 1.165) is 22.3 Å². The van der Waals surface area contributed by atoms with Crippen molar-refractivity contribution in [3.8, 4) is 0 Å². The summed E-state index contributed by atoms with van der Waals surface area (Å²) in [4.78, 5) is 18.1. The molecule has 0 radical (unpaired) electrons. The molecule has 3 aromatic rings. The van der Waals surface area contributed by atoms with Gasteiger partial charge >= 0.3 is 0 Å². The highest BCUT2D eigenvalue weighted by Crippen LogP contribution is 2.36. The van der Waals surface area contributed by atoms with Gasteiger partial charge in [-0.25, -0.2) is 9.99 Å². The van der Waals surface area contributed by atoms with Gasteiger partial charge < -0.3 is 13.4 Å². The van der Waals surface area contributed by atoms with Gasteiger partial charge in [-0.3, -0.25) is 4.79 Å². The van der Waals surface area contributed by atoms with Gasteiger partial charge in [0.25, 0.3) is 5.91 Å². The summed E-state index contributed by atoms with van der Waals surface area (Å²) in [5, 5.41) is 7.11. The maximum absolute atomic E-state index is 13.3. The van der Waals surface area contributed by atoms with Crippen LogP contribution in [0, 0.1) is 13.8 Å². The SMILES string of the molecule is Cc1nc(SCC(=O)N2N=C(c3ccco3)C[C@@H]2c2ccco2)n(C2CCCCC2)c1C. The largest absolute Gasteiger partial charge is 0.467 e. The number of aryl methyl sites for hydroxylation is 1. The van der Waals surface area contributed by atoms with Crippen LogP contribution in [-0.4, -0.2) is 31.9 Å². The van der Waals surface area contributed by atoms with Crippen LogP contribution < -0.4 is 0 Å². The molecule has 4 heterocycles.